The maximum absolute atomic E-state index is 9.39. The molecule has 0 fully saturated rings. The van der Waals surface area contributed by atoms with Crippen molar-refractivity contribution in [2.45, 2.75) is 32.6 Å². The zero-order valence-electron chi connectivity index (χ0n) is 13.1. The zero-order valence-corrected chi connectivity index (χ0v) is 13.1. The maximum atomic E-state index is 9.39. The minimum atomic E-state index is 0.225. The Morgan fingerprint density at radius 2 is 1.91 bits per heavy atom. The van der Waals surface area contributed by atoms with E-state index in [9.17, 15) is 5.11 Å². The summed E-state index contributed by atoms with van der Waals surface area (Å²) in [4.78, 5) is 0. The first kappa shape index (κ1) is 17.7. The number of hydrogen-bond donors (Lipinski definition) is 1. The van der Waals surface area contributed by atoms with E-state index in [1.807, 2.05) is 6.07 Å². The van der Waals surface area contributed by atoms with Crippen LogP contribution in [0.15, 0.2) is 36.5 Å². The Morgan fingerprint density at radius 1 is 1.09 bits per heavy atom. The van der Waals surface area contributed by atoms with Crippen molar-refractivity contribution in [3.8, 4) is 17.4 Å². The van der Waals surface area contributed by atoms with Crippen LogP contribution in [0.3, 0.4) is 0 Å². The van der Waals surface area contributed by atoms with Gasteiger partial charge in [-0.05, 0) is 23.8 Å². The van der Waals surface area contributed by atoms with Gasteiger partial charge in [-0.2, -0.15) is 0 Å². The van der Waals surface area contributed by atoms with Crippen molar-refractivity contribution >= 4 is 0 Å². The number of rotatable bonds is 7. The van der Waals surface area contributed by atoms with Crippen molar-refractivity contribution in [1.82, 2.24) is 15.4 Å². The number of para-hydroxylation sites is 2. The van der Waals surface area contributed by atoms with Crippen LogP contribution in [0.4, 0.5) is 0 Å². The average molecular weight is 305 g/mol. The smallest absolute Gasteiger partial charge is 0.236 e. The lowest BCUT2D eigenvalue weighted by Crippen LogP contribution is -1.97. The van der Waals surface area contributed by atoms with Crippen molar-refractivity contribution in [3.63, 3.8) is 0 Å². The third kappa shape index (κ3) is 7.42. The lowest BCUT2D eigenvalue weighted by Gasteiger charge is -2.06. The molecule has 1 heterocycles. The molecule has 0 aliphatic heterocycles. The molecule has 1 N–H and O–H groups in total. The Bertz CT molecular complexity index is 509. The number of unbranched alkanes of at least 4 members (excludes halogenated alkanes) is 3. The molecule has 2 aromatic rings. The fourth-order valence-electron chi connectivity index (χ4n) is 1.63. The number of ether oxygens (including phenoxy) is 2. The van der Waals surface area contributed by atoms with Gasteiger partial charge in [-0.15, -0.1) is 5.10 Å². The second-order valence-corrected chi connectivity index (χ2v) is 4.54. The lowest BCUT2D eigenvalue weighted by atomic mass is 10.2. The highest BCUT2D eigenvalue weighted by Crippen LogP contribution is 2.24. The Balaban J connectivity index is 0.000000255. The molecule has 0 aliphatic rings. The monoisotopic (exact) mass is 305 g/mol. The lowest BCUT2D eigenvalue weighted by molar-refractivity contribution is 0.289. The van der Waals surface area contributed by atoms with E-state index in [1.165, 1.54) is 32.6 Å². The molecule has 0 spiro atoms. The molecule has 22 heavy (non-hydrogen) atoms. The molecule has 0 aliphatic carbocycles. The van der Waals surface area contributed by atoms with E-state index in [0.717, 1.165) is 6.42 Å². The number of phenols is 1. The van der Waals surface area contributed by atoms with Crippen LogP contribution in [-0.4, -0.2) is 34.2 Å². The molecular formula is C16H23N3O3. The molecule has 1 aromatic carbocycles. The standard InChI is InChI=1S/C12H18O2.C4H5N3O/c1-2-3-4-7-10-14-12-9-6-5-8-11(12)13;1-8-4-2-3-5-7-6-4/h5-6,8-9,13H,2-4,7,10H2,1H3;2-3H,1H3. The summed E-state index contributed by atoms with van der Waals surface area (Å²) >= 11 is 0. The molecule has 0 atom stereocenters. The fourth-order valence-corrected chi connectivity index (χ4v) is 1.63. The summed E-state index contributed by atoms with van der Waals surface area (Å²) in [6, 6.07) is 8.71. The third-order valence-corrected chi connectivity index (χ3v) is 2.81. The SMILES string of the molecule is CCCCCCOc1ccccc1O.COc1ccnnn1. The highest BCUT2D eigenvalue weighted by atomic mass is 16.5. The van der Waals surface area contributed by atoms with E-state index in [0.29, 0.717) is 18.2 Å². The van der Waals surface area contributed by atoms with Gasteiger partial charge in [-0.25, -0.2) is 0 Å². The highest BCUT2D eigenvalue weighted by molar-refractivity contribution is 5.37. The first-order valence-corrected chi connectivity index (χ1v) is 7.37. The van der Waals surface area contributed by atoms with Gasteiger partial charge < -0.3 is 14.6 Å². The zero-order chi connectivity index (χ0) is 16.0. The molecule has 0 amide bonds. The molecule has 0 radical (unpaired) electrons. The minimum absolute atomic E-state index is 0.225. The van der Waals surface area contributed by atoms with E-state index in [-0.39, 0.29) is 5.75 Å². The van der Waals surface area contributed by atoms with Crippen LogP contribution in [0.5, 0.6) is 17.4 Å². The minimum Gasteiger partial charge on any atom is -0.504 e. The Kier molecular flexibility index (Phi) is 9.09. The van der Waals surface area contributed by atoms with E-state index < -0.39 is 0 Å². The second-order valence-electron chi connectivity index (χ2n) is 4.54. The van der Waals surface area contributed by atoms with Crippen LogP contribution in [-0.2, 0) is 0 Å². The molecule has 0 saturated heterocycles. The fraction of sp³-hybridized carbons (Fsp3) is 0.438. The Labute approximate surface area is 131 Å². The van der Waals surface area contributed by atoms with E-state index >= 15 is 0 Å². The Hall–Kier alpha value is -2.37. The largest absolute Gasteiger partial charge is 0.504 e. The number of phenolic OH excluding ortho intramolecular Hbond substituents is 1. The van der Waals surface area contributed by atoms with Gasteiger partial charge in [0, 0.05) is 6.07 Å². The number of aromatic nitrogens is 3. The van der Waals surface area contributed by atoms with Crippen LogP contribution >= 0.6 is 0 Å². The maximum Gasteiger partial charge on any atom is 0.236 e. The number of hydrogen-bond acceptors (Lipinski definition) is 6. The van der Waals surface area contributed by atoms with Crippen molar-refractivity contribution in [3.05, 3.63) is 36.5 Å². The summed E-state index contributed by atoms with van der Waals surface area (Å²) in [5, 5.41) is 19.7. The molecule has 1 aromatic heterocycles. The normalized spacial score (nSPS) is 9.55. The van der Waals surface area contributed by atoms with Crippen LogP contribution in [0.2, 0.25) is 0 Å². The summed E-state index contributed by atoms with van der Waals surface area (Å²) in [6.45, 7) is 2.88. The van der Waals surface area contributed by atoms with Crippen molar-refractivity contribution in [2.24, 2.45) is 0 Å². The van der Waals surface area contributed by atoms with Gasteiger partial charge in [-0.3, -0.25) is 0 Å². The summed E-state index contributed by atoms with van der Waals surface area (Å²) in [6.07, 6.45) is 6.26. The topological polar surface area (TPSA) is 77.4 Å². The van der Waals surface area contributed by atoms with Gasteiger partial charge in [0.25, 0.3) is 0 Å². The van der Waals surface area contributed by atoms with Crippen molar-refractivity contribution in [1.29, 1.82) is 0 Å². The van der Waals surface area contributed by atoms with Gasteiger partial charge in [0.05, 0.1) is 19.9 Å². The number of methoxy groups -OCH3 is 1. The van der Waals surface area contributed by atoms with Crippen LogP contribution < -0.4 is 9.47 Å². The second kappa shape index (κ2) is 11.3. The molecule has 6 nitrogen and oxygen atoms in total. The summed E-state index contributed by atoms with van der Waals surface area (Å²) < 4.78 is 10.1. The van der Waals surface area contributed by atoms with Crippen molar-refractivity contribution in [2.75, 3.05) is 13.7 Å². The number of aromatic hydroxyl groups is 1. The first-order valence-electron chi connectivity index (χ1n) is 7.37. The quantitative estimate of drug-likeness (QED) is 0.791. The molecule has 2 rings (SSSR count). The average Bonchev–Trinajstić information content (AvgIpc) is 2.57. The third-order valence-electron chi connectivity index (χ3n) is 2.81. The van der Waals surface area contributed by atoms with Gasteiger partial charge in [0.1, 0.15) is 0 Å². The molecule has 120 valence electrons. The van der Waals surface area contributed by atoms with Crippen LogP contribution in [0, 0.1) is 0 Å². The van der Waals surface area contributed by atoms with Gasteiger partial charge >= 0.3 is 0 Å². The van der Waals surface area contributed by atoms with Gasteiger partial charge in [0.2, 0.25) is 5.88 Å². The number of nitrogens with zero attached hydrogens (tertiary/aromatic N) is 3. The molecule has 0 bridgehead atoms. The van der Waals surface area contributed by atoms with E-state index in [1.54, 1.807) is 24.3 Å². The summed E-state index contributed by atoms with van der Waals surface area (Å²) in [5.41, 5.74) is 0. The van der Waals surface area contributed by atoms with E-state index in [2.05, 4.69) is 22.3 Å². The predicted molar refractivity (Wildman–Crippen MR) is 84.1 cm³/mol. The summed E-state index contributed by atoms with van der Waals surface area (Å²) in [7, 11) is 1.53. The molecular weight excluding hydrogens is 282 g/mol. The summed E-state index contributed by atoms with van der Waals surface area (Å²) in [5.74, 6) is 1.30. The van der Waals surface area contributed by atoms with Crippen molar-refractivity contribution < 1.29 is 14.6 Å². The number of benzene rings is 1. The first-order chi connectivity index (χ1) is 10.8. The molecule has 0 unspecified atom stereocenters. The predicted octanol–water partition coefficient (Wildman–Crippen LogP) is 3.23. The molecule has 6 heteroatoms. The highest BCUT2D eigenvalue weighted by Gasteiger charge is 1.98. The van der Waals surface area contributed by atoms with Crippen LogP contribution in [0.25, 0.3) is 0 Å². The van der Waals surface area contributed by atoms with E-state index in [4.69, 9.17) is 9.47 Å². The van der Waals surface area contributed by atoms with Gasteiger partial charge in [-0.1, -0.05) is 43.4 Å². The van der Waals surface area contributed by atoms with Crippen LogP contribution in [0.1, 0.15) is 32.6 Å². The molecule has 0 saturated carbocycles. The van der Waals surface area contributed by atoms with Gasteiger partial charge in [0.15, 0.2) is 11.5 Å². The Morgan fingerprint density at radius 3 is 2.50 bits per heavy atom.